The number of nitrogens with two attached hydrogens (primary N) is 1. The molecule has 0 saturated heterocycles. The van der Waals surface area contributed by atoms with Crippen molar-refractivity contribution in [2.75, 3.05) is 4.72 Å². The molecule has 8 nitrogen and oxygen atoms in total. The lowest BCUT2D eigenvalue weighted by Crippen LogP contribution is -2.14. The van der Waals surface area contributed by atoms with Crippen molar-refractivity contribution in [3.63, 3.8) is 0 Å². The highest BCUT2D eigenvalue weighted by Crippen LogP contribution is 2.23. The number of hydrogen-bond acceptors (Lipinski definition) is 5. The Morgan fingerprint density at radius 2 is 1.89 bits per heavy atom. The quantitative estimate of drug-likeness (QED) is 0.677. The molecule has 27 heavy (non-hydrogen) atoms. The third kappa shape index (κ3) is 3.92. The number of anilines is 1. The first-order valence-electron chi connectivity index (χ1n) is 7.48. The number of aromatic nitrogens is 2. The van der Waals surface area contributed by atoms with Crippen LogP contribution in [0.5, 0.6) is 0 Å². The van der Waals surface area contributed by atoms with Crippen LogP contribution in [-0.2, 0) is 10.0 Å². The van der Waals surface area contributed by atoms with Gasteiger partial charge in [-0.2, -0.15) is 10.4 Å². The highest BCUT2D eigenvalue weighted by atomic mass is 35.5. The van der Waals surface area contributed by atoms with E-state index >= 15 is 0 Å². The fourth-order valence-corrected chi connectivity index (χ4v) is 3.78. The minimum absolute atomic E-state index is 0.0148. The number of hydrogen-bond donors (Lipinski definition) is 2. The van der Waals surface area contributed by atoms with Crippen LogP contribution in [0.15, 0.2) is 59.6 Å². The van der Waals surface area contributed by atoms with Crippen LogP contribution >= 0.6 is 11.6 Å². The number of carbonyl (C=O) groups is 1. The summed E-state index contributed by atoms with van der Waals surface area (Å²) in [5.41, 5.74) is 6.15. The molecule has 1 amide bonds. The fourth-order valence-electron chi connectivity index (χ4n) is 2.30. The topological polar surface area (TPSA) is 131 Å². The summed E-state index contributed by atoms with van der Waals surface area (Å²) in [5.74, 6) is -0.645. The number of sulfonamides is 1. The summed E-state index contributed by atoms with van der Waals surface area (Å²) in [4.78, 5) is 10.9. The van der Waals surface area contributed by atoms with Crippen molar-refractivity contribution in [1.82, 2.24) is 9.78 Å². The number of carbonyl (C=O) groups excluding carboxylic acids is 1. The lowest BCUT2D eigenvalue weighted by Gasteiger charge is -2.10. The molecule has 0 bridgehead atoms. The van der Waals surface area contributed by atoms with Crippen LogP contribution in [0.3, 0.4) is 0 Å². The molecule has 0 fully saturated rings. The third-order valence-corrected chi connectivity index (χ3v) is 5.24. The van der Waals surface area contributed by atoms with Crippen molar-refractivity contribution in [3.05, 3.63) is 71.0 Å². The summed E-state index contributed by atoms with van der Waals surface area (Å²) in [6.07, 6.45) is 1.56. The SMILES string of the molecule is N#Cc1ccc(Cl)cc1S(=O)(=O)Nc1ccc(-n2ccc(C(N)=O)n2)cc1. The van der Waals surface area contributed by atoms with Gasteiger partial charge in [-0.05, 0) is 48.5 Å². The average molecular weight is 402 g/mol. The summed E-state index contributed by atoms with van der Waals surface area (Å²) in [5, 5.41) is 13.3. The zero-order valence-electron chi connectivity index (χ0n) is 13.6. The molecule has 0 saturated carbocycles. The average Bonchev–Trinajstić information content (AvgIpc) is 3.12. The summed E-state index contributed by atoms with van der Waals surface area (Å²) >= 11 is 5.85. The fraction of sp³-hybridized carbons (Fsp3) is 0. The molecule has 1 heterocycles. The van der Waals surface area contributed by atoms with Crippen LogP contribution in [0.2, 0.25) is 5.02 Å². The number of primary amides is 1. The normalized spacial score (nSPS) is 11.0. The second-order valence-corrected chi connectivity index (χ2v) is 7.50. The van der Waals surface area contributed by atoms with E-state index in [0.29, 0.717) is 5.69 Å². The smallest absolute Gasteiger partial charge is 0.269 e. The first-order valence-corrected chi connectivity index (χ1v) is 9.34. The molecule has 2 aromatic carbocycles. The molecule has 3 N–H and O–H groups in total. The Labute approximate surface area is 159 Å². The highest BCUT2D eigenvalue weighted by Gasteiger charge is 2.19. The van der Waals surface area contributed by atoms with Crippen molar-refractivity contribution in [3.8, 4) is 11.8 Å². The van der Waals surface area contributed by atoms with Crippen molar-refractivity contribution >= 4 is 33.2 Å². The molecule has 10 heteroatoms. The first kappa shape index (κ1) is 18.4. The van der Waals surface area contributed by atoms with Crippen molar-refractivity contribution in [1.29, 1.82) is 5.26 Å². The van der Waals surface area contributed by atoms with Crippen LogP contribution in [0.4, 0.5) is 5.69 Å². The number of benzene rings is 2. The van der Waals surface area contributed by atoms with E-state index in [0.717, 1.165) is 0 Å². The van der Waals surface area contributed by atoms with Gasteiger partial charge < -0.3 is 5.73 Å². The Morgan fingerprint density at radius 1 is 1.19 bits per heavy atom. The second-order valence-electron chi connectivity index (χ2n) is 5.41. The number of nitrogens with zero attached hydrogens (tertiary/aromatic N) is 3. The summed E-state index contributed by atoms with van der Waals surface area (Å²) in [6.45, 7) is 0. The third-order valence-electron chi connectivity index (χ3n) is 3.58. The van der Waals surface area contributed by atoms with E-state index in [2.05, 4.69) is 9.82 Å². The monoisotopic (exact) mass is 401 g/mol. The summed E-state index contributed by atoms with van der Waals surface area (Å²) < 4.78 is 29.0. The first-order chi connectivity index (χ1) is 12.8. The molecular weight excluding hydrogens is 390 g/mol. The molecule has 0 atom stereocenters. The van der Waals surface area contributed by atoms with Gasteiger partial charge in [-0.3, -0.25) is 9.52 Å². The lowest BCUT2D eigenvalue weighted by molar-refractivity contribution is 0.0995. The molecule has 0 aliphatic rings. The van der Waals surface area contributed by atoms with Gasteiger partial charge in [0.25, 0.3) is 15.9 Å². The van der Waals surface area contributed by atoms with Gasteiger partial charge in [0.1, 0.15) is 16.7 Å². The molecule has 0 aliphatic carbocycles. The predicted molar refractivity (Wildman–Crippen MR) is 99.1 cm³/mol. The van der Waals surface area contributed by atoms with E-state index in [1.165, 1.54) is 41.1 Å². The van der Waals surface area contributed by atoms with Gasteiger partial charge in [0, 0.05) is 16.9 Å². The van der Waals surface area contributed by atoms with Gasteiger partial charge >= 0.3 is 0 Å². The van der Waals surface area contributed by atoms with Crippen LogP contribution < -0.4 is 10.5 Å². The molecule has 0 unspecified atom stereocenters. The van der Waals surface area contributed by atoms with Gasteiger partial charge in [0.15, 0.2) is 0 Å². The van der Waals surface area contributed by atoms with Crippen molar-refractivity contribution in [2.24, 2.45) is 5.73 Å². The van der Waals surface area contributed by atoms with E-state index in [1.54, 1.807) is 18.3 Å². The van der Waals surface area contributed by atoms with Gasteiger partial charge in [-0.15, -0.1) is 0 Å². The van der Waals surface area contributed by atoms with Gasteiger partial charge in [0.05, 0.1) is 11.3 Å². The van der Waals surface area contributed by atoms with E-state index in [9.17, 15) is 13.2 Å². The van der Waals surface area contributed by atoms with Gasteiger partial charge in [0.2, 0.25) is 0 Å². The molecule has 3 aromatic rings. The molecule has 0 aliphatic heterocycles. The number of rotatable bonds is 5. The maximum atomic E-state index is 12.6. The Balaban J connectivity index is 1.87. The van der Waals surface area contributed by atoms with Crippen molar-refractivity contribution < 1.29 is 13.2 Å². The number of amides is 1. The second kappa shape index (κ2) is 7.11. The highest BCUT2D eigenvalue weighted by molar-refractivity contribution is 7.92. The van der Waals surface area contributed by atoms with Crippen LogP contribution in [0.1, 0.15) is 16.1 Å². The molecule has 0 radical (unpaired) electrons. The number of halogens is 1. The molecule has 3 rings (SSSR count). The van der Waals surface area contributed by atoms with Crippen LogP contribution in [0, 0.1) is 11.3 Å². The predicted octanol–water partition coefficient (Wildman–Crippen LogP) is 2.30. The van der Waals surface area contributed by atoms with Gasteiger partial charge in [-0.1, -0.05) is 11.6 Å². The minimum atomic E-state index is -4.00. The Kier molecular flexibility index (Phi) is 4.85. The molecular formula is C17H12ClN5O3S. The molecule has 136 valence electrons. The minimum Gasteiger partial charge on any atom is -0.364 e. The standard InChI is InChI=1S/C17H12ClN5O3S/c18-12-2-1-11(10-19)16(9-12)27(25,26)22-13-3-5-14(6-4-13)23-8-7-15(21-23)17(20)24/h1-9,22H,(H2,20,24). The summed E-state index contributed by atoms with van der Waals surface area (Å²) in [6, 6.07) is 13.6. The van der Waals surface area contributed by atoms with E-state index in [4.69, 9.17) is 22.6 Å². The van der Waals surface area contributed by atoms with Crippen LogP contribution in [0.25, 0.3) is 5.69 Å². The van der Waals surface area contributed by atoms with Gasteiger partial charge in [-0.25, -0.2) is 13.1 Å². The largest absolute Gasteiger partial charge is 0.364 e. The van der Waals surface area contributed by atoms with Crippen LogP contribution in [-0.4, -0.2) is 24.1 Å². The number of nitriles is 1. The Morgan fingerprint density at radius 3 is 2.48 bits per heavy atom. The number of nitrogens with one attached hydrogen (secondary N) is 1. The maximum absolute atomic E-state index is 12.6. The lowest BCUT2D eigenvalue weighted by atomic mass is 10.2. The van der Waals surface area contributed by atoms with E-state index in [-0.39, 0.29) is 26.9 Å². The molecule has 0 spiro atoms. The maximum Gasteiger partial charge on any atom is 0.269 e. The van der Waals surface area contributed by atoms with Crippen molar-refractivity contribution in [2.45, 2.75) is 4.90 Å². The Bertz CT molecular complexity index is 1160. The molecule has 1 aromatic heterocycles. The summed E-state index contributed by atoms with van der Waals surface area (Å²) in [7, 11) is -4.00. The van der Waals surface area contributed by atoms with E-state index < -0.39 is 15.9 Å². The Hall–Kier alpha value is -3.35. The van der Waals surface area contributed by atoms with E-state index in [1.807, 2.05) is 6.07 Å². The zero-order valence-corrected chi connectivity index (χ0v) is 15.2. The zero-order chi connectivity index (χ0) is 19.6.